The second-order valence-electron chi connectivity index (χ2n) is 4.87. The van der Waals surface area contributed by atoms with Crippen LogP contribution in [0.1, 0.15) is 0 Å². The van der Waals surface area contributed by atoms with Gasteiger partial charge in [0.1, 0.15) is 24.3 Å². The average Bonchev–Trinajstić information content (AvgIpc) is 3.14. The van der Waals surface area contributed by atoms with Crippen LogP contribution in [0, 0.1) is 0 Å². The molecular formula is C16H17N5O2. The number of nitrogens with one attached hydrogen (secondary N) is 1. The molecule has 1 aromatic carbocycles. The summed E-state index contributed by atoms with van der Waals surface area (Å²) in [4.78, 5) is 8.49. The molecule has 0 spiro atoms. The van der Waals surface area contributed by atoms with Crippen LogP contribution in [-0.2, 0) is 0 Å². The lowest BCUT2D eigenvalue weighted by atomic mass is 10.3. The van der Waals surface area contributed by atoms with E-state index in [0.717, 1.165) is 5.75 Å². The molecule has 0 amide bonds. The van der Waals surface area contributed by atoms with Gasteiger partial charge in [0, 0.05) is 18.9 Å². The first-order valence-corrected chi connectivity index (χ1v) is 7.23. The van der Waals surface area contributed by atoms with Crippen molar-refractivity contribution < 1.29 is 9.84 Å². The standard InChI is InChI=1S/C16H17N5O2/c22-13(12-23-14-5-2-1-3-6-14)9-18-15-10-17-11-16(20-15)21-8-4-7-19-21/h1-8,10-11,13,22H,9,12H2,(H,18,20)/t13-/m0/s1. The van der Waals surface area contributed by atoms with E-state index < -0.39 is 6.10 Å². The molecule has 118 valence electrons. The van der Waals surface area contributed by atoms with Crippen molar-refractivity contribution in [2.75, 3.05) is 18.5 Å². The van der Waals surface area contributed by atoms with Crippen LogP contribution < -0.4 is 10.1 Å². The lowest BCUT2D eigenvalue weighted by Gasteiger charge is -2.13. The van der Waals surface area contributed by atoms with Crippen molar-refractivity contribution in [2.45, 2.75) is 6.10 Å². The molecule has 2 N–H and O–H groups in total. The zero-order chi connectivity index (χ0) is 15.9. The maximum Gasteiger partial charge on any atom is 0.173 e. The van der Waals surface area contributed by atoms with Gasteiger partial charge in [-0.25, -0.2) is 9.67 Å². The topological polar surface area (TPSA) is 85.1 Å². The van der Waals surface area contributed by atoms with Crippen molar-refractivity contribution in [3.63, 3.8) is 0 Å². The molecule has 0 radical (unpaired) electrons. The molecule has 0 unspecified atom stereocenters. The highest BCUT2D eigenvalue weighted by molar-refractivity contribution is 5.35. The third-order valence-corrected chi connectivity index (χ3v) is 3.07. The van der Waals surface area contributed by atoms with E-state index in [1.807, 2.05) is 36.4 Å². The van der Waals surface area contributed by atoms with Crippen LogP contribution in [0.15, 0.2) is 61.2 Å². The number of para-hydroxylation sites is 1. The Kier molecular flexibility index (Phi) is 4.80. The fourth-order valence-electron chi connectivity index (χ4n) is 1.95. The van der Waals surface area contributed by atoms with Gasteiger partial charge in [0.15, 0.2) is 5.82 Å². The average molecular weight is 311 g/mol. The molecule has 0 aliphatic carbocycles. The minimum Gasteiger partial charge on any atom is -0.491 e. The first-order valence-electron chi connectivity index (χ1n) is 7.23. The van der Waals surface area contributed by atoms with E-state index in [9.17, 15) is 5.11 Å². The summed E-state index contributed by atoms with van der Waals surface area (Å²) in [5.74, 6) is 1.90. The third-order valence-electron chi connectivity index (χ3n) is 3.07. The Morgan fingerprint density at radius 3 is 2.83 bits per heavy atom. The van der Waals surface area contributed by atoms with Gasteiger partial charge >= 0.3 is 0 Å². The first kappa shape index (κ1) is 15.0. The van der Waals surface area contributed by atoms with Crippen LogP contribution in [0.25, 0.3) is 5.82 Å². The number of ether oxygens (including phenoxy) is 1. The Balaban J connectivity index is 1.51. The number of aliphatic hydroxyl groups excluding tert-OH is 1. The monoisotopic (exact) mass is 311 g/mol. The molecule has 2 aromatic heterocycles. The molecule has 0 aliphatic rings. The largest absolute Gasteiger partial charge is 0.491 e. The second kappa shape index (κ2) is 7.37. The summed E-state index contributed by atoms with van der Waals surface area (Å²) in [7, 11) is 0. The number of hydrogen-bond donors (Lipinski definition) is 2. The number of aliphatic hydroxyl groups is 1. The van der Waals surface area contributed by atoms with Crippen molar-refractivity contribution in [1.82, 2.24) is 19.7 Å². The number of hydrogen-bond acceptors (Lipinski definition) is 6. The van der Waals surface area contributed by atoms with E-state index in [-0.39, 0.29) is 6.61 Å². The smallest absolute Gasteiger partial charge is 0.173 e. The van der Waals surface area contributed by atoms with Gasteiger partial charge in [0.25, 0.3) is 0 Å². The van der Waals surface area contributed by atoms with Crippen molar-refractivity contribution in [3.8, 4) is 11.6 Å². The van der Waals surface area contributed by atoms with Crippen molar-refractivity contribution in [2.24, 2.45) is 0 Å². The van der Waals surface area contributed by atoms with Gasteiger partial charge in [-0.15, -0.1) is 0 Å². The summed E-state index contributed by atoms with van der Waals surface area (Å²) in [5.41, 5.74) is 0. The Bertz CT molecular complexity index is 718. The predicted octanol–water partition coefficient (Wildman–Crippen LogP) is 1.51. The maximum absolute atomic E-state index is 9.97. The van der Waals surface area contributed by atoms with Crippen molar-refractivity contribution >= 4 is 5.82 Å². The number of anilines is 1. The molecule has 0 fully saturated rings. The summed E-state index contributed by atoms with van der Waals surface area (Å²) < 4.78 is 7.12. The molecule has 3 rings (SSSR count). The molecule has 0 saturated heterocycles. The highest BCUT2D eigenvalue weighted by Gasteiger charge is 2.07. The number of nitrogens with zero attached hydrogens (tertiary/aromatic N) is 4. The third kappa shape index (κ3) is 4.27. The van der Waals surface area contributed by atoms with E-state index in [4.69, 9.17) is 4.74 Å². The van der Waals surface area contributed by atoms with Crippen LogP contribution in [0.4, 0.5) is 5.82 Å². The quantitative estimate of drug-likeness (QED) is 0.688. The predicted molar refractivity (Wildman–Crippen MR) is 85.6 cm³/mol. The molecule has 0 saturated carbocycles. The molecular weight excluding hydrogens is 294 g/mol. The van der Waals surface area contributed by atoms with Gasteiger partial charge in [-0.05, 0) is 18.2 Å². The lowest BCUT2D eigenvalue weighted by molar-refractivity contribution is 0.117. The van der Waals surface area contributed by atoms with Gasteiger partial charge in [0.2, 0.25) is 0 Å². The minimum absolute atomic E-state index is 0.198. The van der Waals surface area contributed by atoms with Crippen molar-refractivity contribution in [3.05, 3.63) is 61.2 Å². The Labute approximate surface area is 133 Å². The molecule has 7 heteroatoms. The Morgan fingerprint density at radius 2 is 2.04 bits per heavy atom. The summed E-state index contributed by atoms with van der Waals surface area (Å²) in [6.45, 7) is 0.507. The fourth-order valence-corrected chi connectivity index (χ4v) is 1.95. The Morgan fingerprint density at radius 1 is 1.17 bits per heavy atom. The molecule has 0 bridgehead atoms. The zero-order valence-electron chi connectivity index (χ0n) is 12.4. The molecule has 23 heavy (non-hydrogen) atoms. The van der Waals surface area contributed by atoms with Crippen LogP contribution in [0.2, 0.25) is 0 Å². The fraction of sp³-hybridized carbons (Fsp3) is 0.188. The van der Waals surface area contributed by atoms with E-state index in [2.05, 4.69) is 20.4 Å². The first-order chi connectivity index (χ1) is 11.3. The molecule has 0 aliphatic heterocycles. The van der Waals surface area contributed by atoms with Crippen LogP contribution >= 0.6 is 0 Å². The second-order valence-corrected chi connectivity index (χ2v) is 4.87. The van der Waals surface area contributed by atoms with Gasteiger partial charge in [0.05, 0.1) is 12.4 Å². The normalized spacial score (nSPS) is 11.9. The van der Waals surface area contributed by atoms with E-state index in [1.165, 1.54) is 0 Å². The molecule has 1 atom stereocenters. The highest BCUT2D eigenvalue weighted by Crippen LogP contribution is 2.09. The van der Waals surface area contributed by atoms with Crippen LogP contribution in [0.3, 0.4) is 0 Å². The summed E-state index contributed by atoms with van der Waals surface area (Å²) in [6, 6.07) is 11.2. The SMILES string of the molecule is O[C@@H](CNc1cncc(-n2cccn2)n1)COc1ccccc1. The molecule has 3 aromatic rings. The number of aromatic nitrogens is 4. The van der Waals surface area contributed by atoms with E-state index in [0.29, 0.717) is 18.2 Å². The summed E-state index contributed by atoms with van der Waals surface area (Å²) in [5, 5.41) is 17.1. The van der Waals surface area contributed by atoms with Crippen LogP contribution in [0.5, 0.6) is 5.75 Å². The van der Waals surface area contributed by atoms with Gasteiger partial charge < -0.3 is 15.2 Å². The lowest BCUT2D eigenvalue weighted by Crippen LogP contribution is -2.26. The van der Waals surface area contributed by atoms with Gasteiger partial charge in [-0.1, -0.05) is 18.2 Å². The van der Waals surface area contributed by atoms with E-state index >= 15 is 0 Å². The Hall–Kier alpha value is -2.93. The van der Waals surface area contributed by atoms with Crippen LogP contribution in [-0.4, -0.2) is 44.1 Å². The van der Waals surface area contributed by atoms with Gasteiger partial charge in [-0.3, -0.25) is 4.98 Å². The van der Waals surface area contributed by atoms with Crippen molar-refractivity contribution in [1.29, 1.82) is 0 Å². The summed E-state index contributed by atoms with van der Waals surface area (Å²) in [6.07, 6.45) is 6.01. The van der Waals surface area contributed by atoms with E-state index in [1.54, 1.807) is 29.5 Å². The number of benzene rings is 1. The maximum atomic E-state index is 9.97. The highest BCUT2D eigenvalue weighted by atomic mass is 16.5. The number of rotatable bonds is 7. The van der Waals surface area contributed by atoms with Gasteiger partial charge in [-0.2, -0.15) is 5.10 Å². The molecule has 7 nitrogen and oxygen atoms in total. The summed E-state index contributed by atoms with van der Waals surface area (Å²) >= 11 is 0. The zero-order valence-corrected chi connectivity index (χ0v) is 12.4. The minimum atomic E-state index is -0.662. The molecule has 2 heterocycles.